The van der Waals surface area contributed by atoms with E-state index in [4.69, 9.17) is 30.5 Å². The molecule has 0 bridgehead atoms. The molecule has 0 spiro atoms. The van der Waals surface area contributed by atoms with Crippen LogP contribution in [-0.4, -0.2) is 33.8 Å². The molecule has 0 aromatic heterocycles. The van der Waals surface area contributed by atoms with Gasteiger partial charge in [0, 0.05) is 18.2 Å². The van der Waals surface area contributed by atoms with Gasteiger partial charge in [-0.15, -0.1) is 0 Å². The van der Waals surface area contributed by atoms with Crippen LogP contribution in [0.3, 0.4) is 0 Å². The van der Waals surface area contributed by atoms with Crippen molar-refractivity contribution in [3.8, 4) is 23.0 Å². The molecule has 0 aliphatic rings. The van der Waals surface area contributed by atoms with Gasteiger partial charge in [0.2, 0.25) is 5.91 Å². The minimum absolute atomic E-state index is 0.334. The summed E-state index contributed by atoms with van der Waals surface area (Å²) >= 11 is 6.19. The van der Waals surface area contributed by atoms with E-state index >= 15 is 0 Å². The largest absolute Gasteiger partial charge is 0.493 e. The standard InChI is InChI=1S/C21H24ClNO5/c1-5-10-28-17-8-6-14(11-18(17)25-2)7-9-21(24)23-16-13-20(27-4)19(26-3)12-15(16)22/h6-9,11-13H,5,10H2,1-4H3,(H,23,24)/b9-7+. The second-order valence-electron chi connectivity index (χ2n) is 5.77. The Labute approximate surface area is 170 Å². The van der Waals surface area contributed by atoms with Crippen LogP contribution in [0, 0.1) is 0 Å². The van der Waals surface area contributed by atoms with E-state index in [1.165, 1.54) is 20.3 Å². The molecule has 1 amide bonds. The van der Waals surface area contributed by atoms with Gasteiger partial charge < -0.3 is 24.3 Å². The van der Waals surface area contributed by atoms with Crippen LogP contribution in [0.1, 0.15) is 18.9 Å². The highest BCUT2D eigenvalue weighted by Crippen LogP contribution is 2.36. The molecule has 0 aliphatic heterocycles. The molecule has 0 atom stereocenters. The van der Waals surface area contributed by atoms with E-state index in [-0.39, 0.29) is 5.91 Å². The number of hydrogen-bond acceptors (Lipinski definition) is 5. The lowest BCUT2D eigenvalue weighted by Crippen LogP contribution is -2.08. The van der Waals surface area contributed by atoms with Crippen molar-refractivity contribution in [3.63, 3.8) is 0 Å². The minimum Gasteiger partial charge on any atom is -0.493 e. The molecule has 2 rings (SSSR count). The van der Waals surface area contributed by atoms with Crippen LogP contribution in [-0.2, 0) is 4.79 Å². The number of methoxy groups -OCH3 is 3. The maximum absolute atomic E-state index is 12.3. The van der Waals surface area contributed by atoms with Crippen molar-refractivity contribution < 1.29 is 23.7 Å². The summed E-state index contributed by atoms with van der Waals surface area (Å²) in [6, 6.07) is 8.66. The molecule has 0 aliphatic carbocycles. The van der Waals surface area contributed by atoms with Gasteiger partial charge >= 0.3 is 0 Å². The fourth-order valence-corrected chi connectivity index (χ4v) is 2.62. The highest BCUT2D eigenvalue weighted by molar-refractivity contribution is 6.34. The third-order valence-electron chi connectivity index (χ3n) is 3.81. The Morgan fingerprint density at radius 1 is 1.00 bits per heavy atom. The smallest absolute Gasteiger partial charge is 0.248 e. The Morgan fingerprint density at radius 2 is 1.64 bits per heavy atom. The number of anilines is 1. The monoisotopic (exact) mass is 405 g/mol. The molecular formula is C21H24ClNO5. The van der Waals surface area contributed by atoms with Gasteiger partial charge in [0.15, 0.2) is 23.0 Å². The summed E-state index contributed by atoms with van der Waals surface area (Å²) in [4.78, 5) is 12.3. The molecule has 0 radical (unpaired) electrons. The molecular weight excluding hydrogens is 382 g/mol. The first-order chi connectivity index (χ1) is 13.5. The summed E-state index contributed by atoms with van der Waals surface area (Å²) in [5, 5.41) is 3.07. The molecule has 0 fully saturated rings. The Hall–Kier alpha value is -2.86. The number of hydrogen-bond donors (Lipinski definition) is 1. The van der Waals surface area contributed by atoms with Crippen molar-refractivity contribution in [3.05, 3.63) is 47.0 Å². The predicted molar refractivity (Wildman–Crippen MR) is 111 cm³/mol. The second kappa shape index (κ2) is 10.5. The maximum Gasteiger partial charge on any atom is 0.248 e. The van der Waals surface area contributed by atoms with Crippen LogP contribution < -0.4 is 24.3 Å². The van der Waals surface area contributed by atoms with Gasteiger partial charge in [-0.3, -0.25) is 4.79 Å². The average molecular weight is 406 g/mol. The van der Waals surface area contributed by atoms with Crippen LogP contribution in [0.2, 0.25) is 5.02 Å². The summed E-state index contributed by atoms with van der Waals surface area (Å²) in [5.41, 5.74) is 1.23. The summed E-state index contributed by atoms with van der Waals surface area (Å²) < 4.78 is 21.4. The van der Waals surface area contributed by atoms with Gasteiger partial charge in [-0.25, -0.2) is 0 Å². The molecule has 2 aromatic rings. The normalized spacial score (nSPS) is 10.6. The third-order valence-corrected chi connectivity index (χ3v) is 4.12. The molecule has 7 heteroatoms. The molecule has 0 saturated carbocycles. The number of benzene rings is 2. The highest BCUT2D eigenvalue weighted by atomic mass is 35.5. The van der Waals surface area contributed by atoms with E-state index in [1.54, 1.807) is 31.4 Å². The second-order valence-corrected chi connectivity index (χ2v) is 6.18. The Balaban J connectivity index is 2.11. The van der Waals surface area contributed by atoms with Gasteiger partial charge in [-0.05, 0) is 30.2 Å². The zero-order valence-electron chi connectivity index (χ0n) is 16.4. The van der Waals surface area contributed by atoms with Crippen LogP contribution >= 0.6 is 11.6 Å². The minimum atomic E-state index is -0.334. The molecule has 28 heavy (non-hydrogen) atoms. The van der Waals surface area contributed by atoms with Gasteiger partial charge in [0.1, 0.15) is 0 Å². The fraction of sp³-hybridized carbons (Fsp3) is 0.286. The van der Waals surface area contributed by atoms with Crippen molar-refractivity contribution in [2.75, 3.05) is 33.3 Å². The third kappa shape index (κ3) is 5.57. The first kappa shape index (κ1) is 21.4. The van der Waals surface area contributed by atoms with Crippen LogP contribution in [0.15, 0.2) is 36.4 Å². The number of amides is 1. The lowest BCUT2D eigenvalue weighted by Gasteiger charge is -2.12. The zero-order valence-corrected chi connectivity index (χ0v) is 17.1. The molecule has 0 unspecified atom stereocenters. The summed E-state index contributed by atoms with van der Waals surface area (Å²) in [7, 11) is 4.61. The predicted octanol–water partition coefficient (Wildman–Crippen LogP) is 4.81. The van der Waals surface area contributed by atoms with Crippen LogP contribution in [0.5, 0.6) is 23.0 Å². The molecule has 6 nitrogen and oxygen atoms in total. The maximum atomic E-state index is 12.3. The van der Waals surface area contributed by atoms with Gasteiger partial charge in [0.25, 0.3) is 0 Å². The number of carbonyl (C=O) groups is 1. The first-order valence-corrected chi connectivity index (χ1v) is 9.11. The van der Waals surface area contributed by atoms with Gasteiger partial charge in [-0.2, -0.15) is 0 Å². The fourth-order valence-electron chi connectivity index (χ4n) is 2.42. The van der Waals surface area contributed by atoms with Crippen molar-refractivity contribution in [2.45, 2.75) is 13.3 Å². The van der Waals surface area contributed by atoms with Crippen molar-refractivity contribution >= 4 is 29.3 Å². The summed E-state index contributed by atoms with van der Waals surface area (Å²) in [6.07, 6.45) is 3.99. The molecule has 2 aromatic carbocycles. The molecule has 0 saturated heterocycles. The van der Waals surface area contributed by atoms with Gasteiger partial charge in [-0.1, -0.05) is 24.6 Å². The number of ether oxygens (including phenoxy) is 4. The van der Waals surface area contributed by atoms with Crippen molar-refractivity contribution in [1.29, 1.82) is 0 Å². The van der Waals surface area contributed by atoms with Crippen LogP contribution in [0.4, 0.5) is 5.69 Å². The van der Waals surface area contributed by atoms with E-state index in [2.05, 4.69) is 5.32 Å². The topological polar surface area (TPSA) is 66.0 Å². The van der Waals surface area contributed by atoms with E-state index in [0.717, 1.165) is 12.0 Å². The Morgan fingerprint density at radius 3 is 2.29 bits per heavy atom. The van der Waals surface area contributed by atoms with Crippen LogP contribution in [0.25, 0.3) is 6.08 Å². The first-order valence-electron chi connectivity index (χ1n) is 8.73. The quantitative estimate of drug-likeness (QED) is 0.606. The van der Waals surface area contributed by atoms with Crippen molar-refractivity contribution in [2.24, 2.45) is 0 Å². The Kier molecular flexibility index (Phi) is 8.02. The van der Waals surface area contributed by atoms with Gasteiger partial charge in [0.05, 0.1) is 38.6 Å². The lowest BCUT2D eigenvalue weighted by atomic mass is 10.2. The molecule has 150 valence electrons. The van der Waals surface area contributed by atoms with E-state index in [9.17, 15) is 4.79 Å². The number of rotatable bonds is 9. The number of nitrogens with one attached hydrogen (secondary N) is 1. The average Bonchev–Trinajstić information content (AvgIpc) is 2.71. The van der Waals surface area contributed by atoms with Crippen molar-refractivity contribution in [1.82, 2.24) is 0 Å². The number of halogens is 1. The van der Waals surface area contributed by atoms with E-state index < -0.39 is 0 Å². The molecule has 0 heterocycles. The SMILES string of the molecule is CCCOc1ccc(/C=C/C(=O)Nc2cc(OC)c(OC)cc2Cl)cc1OC. The lowest BCUT2D eigenvalue weighted by molar-refractivity contribution is -0.111. The zero-order chi connectivity index (χ0) is 20.5. The number of carbonyl (C=O) groups excluding carboxylic acids is 1. The van der Waals surface area contributed by atoms with E-state index in [0.29, 0.717) is 40.3 Å². The highest BCUT2D eigenvalue weighted by Gasteiger charge is 2.11. The summed E-state index contributed by atoms with van der Waals surface area (Å²) in [5.74, 6) is 1.90. The Bertz CT molecular complexity index is 851. The summed E-state index contributed by atoms with van der Waals surface area (Å²) in [6.45, 7) is 2.65. The van der Waals surface area contributed by atoms with E-state index in [1.807, 2.05) is 19.1 Å². The molecule has 1 N–H and O–H groups in total.